The lowest BCUT2D eigenvalue weighted by Crippen LogP contribution is -2.37. The van der Waals surface area contributed by atoms with Crippen LogP contribution in [0.1, 0.15) is 30.2 Å². The van der Waals surface area contributed by atoms with Crippen molar-refractivity contribution < 1.29 is 0 Å². The molecular formula is C14H25N3S. The third-order valence-corrected chi connectivity index (χ3v) is 4.64. The van der Waals surface area contributed by atoms with Gasteiger partial charge in [0.15, 0.2) is 0 Å². The first kappa shape index (κ1) is 14.0. The summed E-state index contributed by atoms with van der Waals surface area (Å²) in [6.07, 6.45) is 3.85. The number of likely N-dealkylation sites (N-methyl/N-ethyl adjacent to an activating group) is 1. The second-order valence-corrected chi connectivity index (χ2v) is 6.26. The largest absolute Gasteiger partial charge is 0.317 e. The van der Waals surface area contributed by atoms with Gasteiger partial charge in [-0.2, -0.15) is 0 Å². The molecule has 0 spiro atoms. The molecule has 3 nitrogen and oxygen atoms in total. The first-order valence-electron chi connectivity index (χ1n) is 6.91. The fourth-order valence-corrected chi connectivity index (χ4v) is 3.44. The Morgan fingerprint density at radius 3 is 3.06 bits per heavy atom. The van der Waals surface area contributed by atoms with E-state index in [9.17, 15) is 0 Å². The molecule has 0 saturated carbocycles. The van der Waals surface area contributed by atoms with Crippen molar-refractivity contribution in [3.05, 3.63) is 22.4 Å². The number of nitrogens with zero attached hydrogens (tertiary/aromatic N) is 1. The second-order valence-electron chi connectivity index (χ2n) is 5.28. The van der Waals surface area contributed by atoms with E-state index in [4.69, 9.17) is 0 Å². The molecule has 2 unspecified atom stereocenters. The second kappa shape index (κ2) is 7.24. The van der Waals surface area contributed by atoms with Crippen LogP contribution in [0, 0.1) is 0 Å². The van der Waals surface area contributed by atoms with Crippen molar-refractivity contribution in [2.75, 3.05) is 33.7 Å². The average Bonchev–Trinajstić information content (AvgIpc) is 2.73. The Kier molecular flexibility index (Phi) is 5.63. The molecule has 2 N–H and O–H groups in total. The van der Waals surface area contributed by atoms with E-state index in [0.29, 0.717) is 12.1 Å². The van der Waals surface area contributed by atoms with E-state index in [1.807, 2.05) is 11.3 Å². The van der Waals surface area contributed by atoms with Crippen LogP contribution in [-0.2, 0) is 0 Å². The maximum atomic E-state index is 3.76. The van der Waals surface area contributed by atoms with E-state index in [1.54, 1.807) is 0 Å². The highest BCUT2D eigenvalue weighted by Gasteiger charge is 2.18. The Bertz CT molecular complexity index is 316. The molecule has 102 valence electrons. The zero-order valence-corrected chi connectivity index (χ0v) is 12.3. The van der Waals surface area contributed by atoms with Crippen LogP contribution in [0.5, 0.6) is 0 Å². The highest BCUT2D eigenvalue weighted by Crippen LogP contribution is 2.22. The van der Waals surface area contributed by atoms with E-state index < -0.39 is 0 Å². The molecule has 1 fully saturated rings. The lowest BCUT2D eigenvalue weighted by Gasteiger charge is -2.26. The quantitative estimate of drug-likeness (QED) is 0.855. The summed E-state index contributed by atoms with van der Waals surface area (Å²) in [5.74, 6) is 0. The summed E-state index contributed by atoms with van der Waals surface area (Å²) in [7, 11) is 4.33. The highest BCUT2D eigenvalue weighted by atomic mass is 32.1. The summed E-state index contributed by atoms with van der Waals surface area (Å²) in [6.45, 7) is 3.39. The van der Waals surface area contributed by atoms with Crippen LogP contribution in [0.15, 0.2) is 17.5 Å². The van der Waals surface area contributed by atoms with Gasteiger partial charge in [-0.15, -0.1) is 11.3 Å². The molecule has 2 heterocycles. The number of hydrogen-bond donors (Lipinski definition) is 2. The molecule has 1 aliphatic rings. The molecule has 0 radical (unpaired) electrons. The number of hydrogen-bond acceptors (Lipinski definition) is 4. The van der Waals surface area contributed by atoms with Crippen LogP contribution in [0.2, 0.25) is 0 Å². The first-order chi connectivity index (χ1) is 8.77. The van der Waals surface area contributed by atoms with E-state index in [-0.39, 0.29) is 0 Å². The molecule has 0 aromatic carbocycles. The van der Waals surface area contributed by atoms with Gasteiger partial charge in [0.25, 0.3) is 0 Å². The standard InChI is InChI=1S/C14H25N3S/c1-17(2)13(14-6-4-10-18-14)11-16-12-5-3-8-15-9-7-12/h4,6,10,12-13,15-16H,3,5,7-9,11H2,1-2H3. The lowest BCUT2D eigenvalue weighted by atomic mass is 10.1. The molecule has 2 rings (SSSR count). The van der Waals surface area contributed by atoms with Crippen molar-refractivity contribution in [1.82, 2.24) is 15.5 Å². The fourth-order valence-electron chi connectivity index (χ4n) is 2.52. The SMILES string of the molecule is CN(C)C(CNC1CCCNCC1)c1cccs1. The zero-order valence-electron chi connectivity index (χ0n) is 11.5. The maximum Gasteiger partial charge on any atom is 0.0561 e. The summed E-state index contributed by atoms with van der Waals surface area (Å²) < 4.78 is 0. The minimum atomic E-state index is 0.501. The van der Waals surface area contributed by atoms with Crippen molar-refractivity contribution in [1.29, 1.82) is 0 Å². The molecule has 1 saturated heterocycles. The average molecular weight is 267 g/mol. The van der Waals surface area contributed by atoms with Gasteiger partial charge in [0.1, 0.15) is 0 Å². The topological polar surface area (TPSA) is 27.3 Å². The zero-order chi connectivity index (χ0) is 12.8. The van der Waals surface area contributed by atoms with Gasteiger partial charge in [-0.1, -0.05) is 6.07 Å². The van der Waals surface area contributed by atoms with Gasteiger partial charge in [0, 0.05) is 17.5 Å². The minimum absolute atomic E-state index is 0.501. The summed E-state index contributed by atoms with van der Waals surface area (Å²) in [5, 5.41) is 9.39. The summed E-state index contributed by atoms with van der Waals surface area (Å²) in [5.41, 5.74) is 0. The molecule has 18 heavy (non-hydrogen) atoms. The predicted molar refractivity (Wildman–Crippen MR) is 79.3 cm³/mol. The van der Waals surface area contributed by atoms with Gasteiger partial charge in [-0.3, -0.25) is 0 Å². The Morgan fingerprint density at radius 1 is 1.44 bits per heavy atom. The third-order valence-electron chi connectivity index (χ3n) is 3.67. The Morgan fingerprint density at radius 2 is 2.33 bits per heavy atom. The van der Waals surface area contributed by atoms with Gasteiger partial charge in [-0.05, 0) is 57.9 Å². The molecule has 1 aliphatic heterocycles. The van der Waals surface area contributed by atoms with Crippen LogP contribution in [0.25, 0.3) is 0 Å². The van der Waals surface area contributed by atoms with Crippen LogP contribution >= 0.6 is 11.3 Å². The van der Waals surface area contributed by atoms with Gasteiger partial charge in [-0.25, -0.2) is 0 Å². The van der Waals surface area contributed by atoms with Crippen molar-refractivity contribution in [3.8, 4) is 0 Å². The monoisotopic (exact) mass is 267 g/mol. The predicted octanol–water partition coefficient (Wildman–Crippen LogP) is 2.08. The number of thiophene rings is 1. The Balaban J connectivity index is 1.85. The van der Waals surface area contributed by atoms with Crippen molar-refractivity contribution in [3.63, 3.8) is 0 Å². The van der Waals surface area contributed by atoms with Crippen LogP contribution in [0.3, 0.4) is 0 Å². The summed E-state index contributed by atoms with van der Waals surface area (Å²) >= 11 is 1.86. The maximum absolute atomic E-state index is 3.76. The number of nitrogens with one attached hydrogen (secondary N) is 2. The molecule has 0 amide bonds. The molecule has 2 atom stereocenters. The molecule has 0 bridgehead atoms. The molecule has 1 aromatic rings. The van der Waals surface area contributed by atoms with Crippen LogP contribution in [0.4, 0.5) is 0 Å². The Hall–Kier alpha value is -0.420. The van der Waals surface area contributed by atoms with Crippen molar-refractivity contribution in [2.24, 2.45) is 0 Å². The highest BCUT2D eigenvalue weighted by molar-refractivity contribution is 7.10. The van der Waals surface area contributed by atoms with Crippen LogP contribution in [-0.4, -0.2) is 44.7 Å². The van der Waals surface area contributed by atoms with Gasteiger partial charge < -0.3 is 15.5 Å². The number of rotatable bonds is 5. The molecule has 1 aromatic heterocycles. The van der Waals surface area contributed by atoms with E-state index in [0.717, 1.165) is 13.1 Å². The first-order valence-corrected chi connectivity index (χ1v) is 7.79. The van der Waals surface area contributed by atoms with Gasteiger partial charge >= 0.3 is 0 Å². The minimum Gasteiger partial charge on any atom is -0.317 e. The lowest BCUT2D eigenvalue weighted by molar-refractivity contribution is 0.279. The van der Waals surface area contributed by atoms with Crippen molar-refractivity contribution >= 4 is 11.3 Å². The van der Waals surface area contributed by atoms with Gasteiger partial charge in [0.05, 0.1) is 6.04 Å². The summed E-state index contributed by atoms with van der Waals surface area (Å²) in [6, 6.07) is 5.57. The third kappa shape index (κ3) is 4.05. The van der Waals surface area contributed by atoms with E-state index in [1.165, 1.54) is 30.7 Å². The fraction of sp³-hybridized carbons (Fsp3) is 0.714. The Labute approximate surface area is 115 Å². The van der Waals surface area contributed by atoms with Gasteiger partial charge in [0.2, 0.25) is 0 Å². The molecular weight excluding hydrogens is 242 g/mol. The summed E-state index contributed by atoms with van der Waals surface area (Å²) in [4.78, 5) is 3.77. The smallest absolute Gasteiger partial charge is 0.0561 e. The van der Waals surface area contributed by atoms with Crippen molar-refractivity contribution in [2.45, 2.75) is 31.3 Å². The van der Waals surface area contributed by atoms with E-state index >= 15 is 0 Å². The van der Waals surface area contributed by atoms with E-state index in [2.05, 4.69) is 47.1 Å². The molecule has 0 aliphatic carbocycles. The molecule has 4 heteroatoms. The normalized spacial score (nSPS) is 22.9. The van der Waals surface area contributed by atoms with Crippen LogP contribution < -0.4 is 10.6 Å².